The number of thioether (sulfide) groups is 1. The molecule has 1 N–H and O–H groups in total. The molecule has 104 valence electrons. The summed E-state index contributed by atoms with van der Waals surface area (Å²) in [5, 5.41) is 4.11. The SMILES string of the molecule is COc1ccc(Br)c(NCC2Cc3ccccc3S2)c1. The Balaban J connectivity index is 1.64. The predicted octanol–water partition coefficient (Wildman–Crippen LogP) is 4.59. The van der Waals surface area contributed by atoms with Gasteiger partial charge in [-0.3, -0.25) is 0 Å². The summed E-state index contributed by atoms with van der Waals surface area (Å²) in [6.07, 6.45) is 1.13. The average molecular weight is 350 g/mol. The molecule has 0 fully saturated rings. The number of rotatable bonds is 4. The van der Waals surface area contributed by atoms with Crippen LogP contribution < -0.4 is 10.1 Å². The van der Waals surface area contributed by atoms with Crippen molar-refractivity contribution >= 4 is 33.4 Å². The number of hydrogen-bond donors (Lipinski definition) is 1. The first-order chi connectivity index (χ1) is 9.76. The Labute approximate surface area is 132 Å². The Morgan fingerprint density at radius 2 is 2.15 bits per heavy atom. The van der Waals surface area contributed by atoms with Crippen LogP contribution in [-0.4, -0.2) is 18.9 Å². The fourth-order valence-corrected chi connectivity index (χ4v) is 3.99. The number of benzene rings is 2. The molecule has 0 radical (unpaired) electrons. The Kier molecular flexibility index (Phi) is 4.22. The van der Waals surface area contributed by atoms with Crippen molar-refractivity contribution in [3.63, 3.8) is 0 Å². The van der Waals surface area contributed by atoms with Gasteiger partial charge in [0.25, 0.3) is 0 Å². The number of fused-ring (bicyclic) bond motifs is 1. The molecule has 1 atom stereocenters. The summed E-state index contributed by atoms with van der Waals surface area (Å²) in [5.41, 5.74) is 2.55. The molecule has 4 heteroatoms. The number of methoxy groups -OCH3 is 1. The highest BCUT2D eigenvalue weighted by Crippen LogP contribution is 2.37. The van der Waals surface area contributed by atoms with Crippen LogP contribution in [0.4, 0.5) is 5.69 Å². The van der Waals surface area contributed by atoms with Gasteiger partial charge in [0.1, 0.15) is 5.75 Å². The third-order valence-corrected chi connectivity index (χ3v) is 5.42. The highest BCUT2D eigenvalue weighted by atomic mass is 79.9. The van der Waals surface area contributed by atoms with Crippen molar-refractivity contribution in [2.75, 3.05) is 19.0 Å². The lowest BCUT2D eigenvalue weighted by molar-refractivity contribution is 0.415. The summed E-state index contributed by atoms with van der Waals surface area (Å²) in [7, 11) is 1.69. The van der Waals surface area contributed by atoms with Crippen LogP contribution in [0.5, 0.6) is 5.75 Å². The van der Waals surface area contributed by atoms with E-state index in [2.05, 4.69) is 45.5 Å². The van der Waals surface area contributed by atoms with Gasteiger partial charge in [-0.25, -0.2) is 0 Å². The minimum atomic E-state index is 0.588. The van der Waals surface area contributed by atoms with Crippen LogP contribution in [0.2, 0.25) is 0 Å². The monoisotopic (exact) mass is 349 g/mol. The molecule has 0 saturated heterocycles. The van der Waals surface area contributed by atoms with Crippen molar-refractivity contribution in [1.82, 2.24) is 0 Å². The van der Waals surface area contributed by atoms with E-state index in [-0.39, 0.29) is 0 Å². The molecule has 0 saturated carbocycles. The second-order valence-corrected chi connectivity index (χ2v) is 6.97. The summed E-state index contributed by atoms with van der Waals surface area (Å²) >= 11 is 5.53. The van der Waals surface area contributed by atoms with Crippen LogP contribution in [0, 0.1) is 0 Å². The van der Waals surface area contributed by atoms with Crippen LogP contribution in [0.1, 0.15) is 5.56 Å². The molecular formula is C16H16BrNOS. The van der Waals surface area contributed by atoms with Gasteiger partial charge < -0.3 is 10.1 Å². The molecule has 2 aromatic rings. The molecule has 1 heterocycles. The molecule has 0 aliphatic carbocycles. The summed E-state index contributed by atoms with van der Waals surface area (Å²) in [6.45, 7) is 0.950. The first-order valence-electron chi connectivity index (χ1n) is 6.58. The van der Waals surface area contributed by atoms with Crippen molar-refractivity contribution in [2.45, 2.75) is 16.6 Å². The molecule has 3 rings (SSSR count). The van der Waals surface area contributed by atoms with E-state index in [4.69, 9.17) is 4.74 Å². The zero-order chi connectivity index (χ0) is 13.9. The van der Waals surface area contributed by atoms with E-state index in [0.717, 1.165) is 28.9 Å². The minimum absolute atomic E-state index is 0.588. The Morgan fingerprint density at radius 3 is 2.95 bits per heavy atom. The topological polar surface area (TPSA) is 21.3 Å². The summed E-state index contributed by atoms with van der Waals surface area (Å²) < 4.78 is 6.33. The molecule has 2 nitrogen and oxygen atoms in total. The maximum atomic E-state index is 5.27. The van der Waals surface area contributed by atoms with Crippen molar-refractivity contribution in [1.29, 1.82) is 0 Å². The van der Waals surface area contributed by atoms with Gasteiger partial charge in [-0.05, 0) is 46.1 Å². The Hall–Kier alpha value is -1.13. The standard InChI is InChI=1S/C16H16BrNOS/c1-19-12-6-7-14(17)15(9-12)18-10-13-8-11-4-2-3-5-16(11)20-13/h2-7,9,13,18H,8,10H2,1H3. The predicted molar refractivity (Wildman–Crippen MR) is 89.0 cm³/mol. The molecule has 1 unspecified atom stereocenters. The molecule has 1 aliphatic heterocycles. The van der Waals surface area contributed by atoms with Gasteiger partial charge in [-0.1, -0.05) is 18.2 Å². The zero-order valence-corrected chi connectivity index (χ0v) is 13.6. The van der Waals surface area contributed by atoms with Crippen molar-refractivity contribution in [3.8, 4) is 5.75 Å². The normalized spacial score (nSPS) is 16.8. The zero-order valence-electron chi connectivity index (χ0n) is 11.2. The van der Waals surface area contributed by atoms with Gasteiger partial charge in [0.05, 0.1) is 12.8 Å². The van der Waals surface area contributed by atoms with E-state index >= 15 is 0 Å². The quantitative estimate of drug-likeness (QED) is 0.872. The van der Waals surface area contributed by atoms with Gasteiger partial charge in [-0.15, -0.1) is 11.8 Å². The number of anilines is 1. The summed E-state index contributed by atoms with van der Waals surface area (Å²) in [5.74, 6) is 0.873. The smallest absolute Gasteiger partial charge is 0.121 e. The van der Waals surface area contributed by atoms with Crippen molar-refractivity contribution in [3.05, 3.63) is 52.5 Å². The van der Waals surface area contributed by atoms with E-state index < -0.39 is 0 Å². The third-order valence-electron chi connectivity index (χ3n) is 3.41. The van der Waals surface area contributed by atoms with Crippen LogP contribution >= 0.6 is 27.7 Å². The maximum absolute atomic E-state index is 5.27. The first kappa shape index (κ1) is 13.8. The van der Waals surface area contributed by atoms with Crippen molar-refractivity contribution < 1.29 is 4.74 Å². The third kappa shape index (κ3) is 2.96. The molecular weight excluding hydrogens is 334 g/mol. The number of halogens is 1. The Bertz CT molecular complexity index is 592. The van der Waals surface area contributed by atoms with E-state index in [1.165, 1.54) is 10.5 Å². The number of hydrogen-bond acceptors (Lipinski definition) is 3. The summed E-state index contributed by atoms with van der Waals surface area (Å²) in [6, 6.07) is 14.7. The van der Waals surface area contributed by atoms with Crippen LogP contribution in [0.3, 0.4) is 0 Å². The number of nitrogens with one attached hydrogen (secondary N) is 1. The van der Waals surface area contributed by atoms with Crippen LogP contribution in [0.25, 0.3) is 0 Å². The lowest BCUT2D eigenvalue weighted by Crippen LogP contribution is -2.16. The van der Waals surface area contributed by atoms with Gasteiger partial charge in [0, 0.05) is 27.2 Å². The lowest BCUT2D eigenvalue weighted by atomic mass is 10.1. The minimum Gasteiger partial charge on any atom is -0.497 e. The van der Waals surface area contributed by atoms with Gasteiger partial charge in [0.2, 0.25) is 0 Å². The molecule has 0 bridgehead atoms. The molecule has 20 heavy (non-hydrogen) atoms. The van der Waals surface area contributed by atoms with Gasteiger partial charge in [0.15, 0.2) is 0 Å². The molecule has 0 aromatic heterocycles. The highest BCUT2D eigenvalue weighted by Gasteiger charge is 2.21. The molecule has 2 aromatic carbocycles. The van der Waals surface area contributed by atoms with Gasteiger partial charge in [-0.2, -0.15) is 0 Å². The second kappa shape index (κ2) is 6.10. The van der Waals surface area contributed by atoms with Crippen LogP contribution in [0.15, 0.2) is 51.8 Å². The first-order valence-corrected chi connectivity index (χ1v) is 8.25. The summed E-state index contributed by atoms with van der Waals surface area (Å²) in [4.78, 5) is 1.42. The van der Waals surface area contributed by atoms with Gasteiger partial charge >= 0.3 is 0 Å². The van der Waals surface area contributed by atoms with E-state index in [1.54, 1.807) is 7.11 Å². The van der Waals surface area contributed by atoms with Crippen molar-refractivity contribution in [2.24, 2.45) is 0 Å². The second-order valence-electron chi connectivity index (χ2n) is 4.78. The molecule has 0 spiro atoms. The highest BCUT2D eigenvalue weighted by molar-refractivity contribution is 9.10. The fourth-order valence-electron chi connectivity index (χ4n) is 2.36. The fraction of sp³-hybridized carbons (Fsp3) is 0.250. The maximum Gasteiger partial charge on any atom is 0.121 e. The Morgan fingerprint density at radius 1 is 1.30 bits per heavy atom. The van der Waals surface area contributed by atoms with Crippen LogP contribution in [-0.2, 0) is 6.42 Å². The van der Waals surface area contributed by atoms with E-state index in [1.807, 2.05) is 30.0 Å². The molecule has 0 amide bonds. The molecule has 1 aliphatic rings. The van der Waals surface area contributed by atoms with E-state index in [9.17, 15) is 0 Å². The number of ether oxygens (including phenoxy) is 1. The van der Waals surface area contributed by atoms with E-state index in [0.29, 0.717) is 5.25 Å². The average Bonchev–Trinajstić information content (AvgIpc) is 2.89. The largest absolute Gasteiger partial charge is 0.497 e. The lowest BCUT2D eigenvalue weighted by Gasteiger charge is -2.13.